The van der Waals surface area contributed by atoms with Crippen LogP contribution < -0.4 is 10.0 Å². The van der Waals surface area contributed by atoms with Crippen molar-refractivity contribution in [2.75, 3.05) is 13.1 Å². The summed E-state index contributed by atoms with van der Waals surface area (Å²) in [5.74, 6) is -1.12. The van der Waals surface area contributed by atoms with E-state index in [1.807, 2.05) is 24.3 Å². The number of nitrogens with zero attached hydrogens (tertiary/aromatic N) is 2. The number of hydrogen-bond acceptors (Lipinski definition) is 5. The lowest BCUT2D eigenvalue weighted by Crippen LogP contribution is -2.56. The van der Waals surface area contributed by atoms with Gasteiger partial charge in [0, 0.05) is 19.5 Å². The molecule has 0 spiro atoms. The van der Waals surface area contributed by atoms with Crippen molar-refractivity contribution in [3.63, 3.8) is 0 Å². The summed E-state index contributed by atoms with van der Waals surface area (Å²) in [6.45, 7) is 4.77. The lowest BCUT2D eigenvalue weighted by Gasteiger charge is -2.32. The van der Waals surface area contributed by atoms with Gasteiger partial charge in [0.15, 0.2) is 0 Å². The molecule has 3 aromatic carbocycles. The van der Waals surface area contributed by atoms with Crippen LogP contribution in [0.5, 0.6) is 0 Å². The Balaban J connectivity index is 1.56. The molecule has 1 heterocycles. The van der Waals surface area contributed by atoms with Crippen molar-refractivity contribution in [2.45, 2.75) is 56.5 Å². The zero-order valence-corrected chi connectivity index (χ0v) is 23.1. The molecule has 8 nitrogen and oxygen atoms in total. The fraction of sp³-hybridized carbons (Fsp3) is 0.367. The summed E-state index contributed by atoms with van der Waals surface area (Å²) in [4.78, 5) is 28.9. The highest BCUT2D eigenvalue weighted by atomic mass is 32.2. The Labute approximate surface area is 230 Å². The highest BCUT2D eigenvalue weighted by Crippen LogP contribution is 2.20. The van der Waals surface area contributed by atoms with Crippen LogP contribution in [0.15, 0.2) is 71.6 Å². The molecule has 1 saturated heterocycles. The van der Waals surface area contributed by atoms with Gasteiger partial charge in [0.05, 0.1) is 16.5 Å². The largest absolute Gasteiger partial charge is 0.343 e. The first kappa shape index (κ1) is 28.3. The van der Waals surface area contributed by atoms with Crippen LogP contribution in [0.1, 0.15) is 44.2 Å². The molecule has 2 amide bonds. The minimum absolute atomic E-state index is 0.0678. The third kappa shape index (κ3) is 7.02. The van der Waals surface area contributed by atoms with E-state index in [0.717, 1.165) is 35.6 Å². The van der Waals surface area contributed by atoms with Crippen LogP contribution in [-0.4, -0.2) is 50.3 Å². The molecule has 0 bridgehead atoms. The minimum atomic E-state index is -4.02. The Bertz CT molecular complexity index is 1470. The number of rotatable bonds is 9. The number of nitrogens with one attached hydrogen (secondary N) is 2. The van der Waals surface area contributed by atoms with Crippen LogP contribution in [0.2, 0.25) is 0 Å². The second kappa shape index (κ2) is 12.4. The summed E-state index contributed by atoms with van der Waals surface area (Å²) >= 11 is 0. The molecule has 3 aromatic rings. The first-order valence-electron chi connectivity index (χ1n) is 13.3. The van der Waals surface area contributed by atoms with Gasteiger partial charge in [-0.25, -0.2) is 8.42 Å². The van der Waals surface area contributed by atoms with E-state index in [9.17, 15) is 18.0 Å². The highest BCUT2D eigenvalue weighted by Gasteiger charge is 2.33. The first-order valence-corrected chi connectivity index (χ1v) is 14.8. The number of hydrogen-bond donors (Lipinski definition) is 2. The van der Waals surface area contributed by atoms with E-state index in [0.29, 0.717) is 18.7 Å². The van der Waals surface area contributed by atoms with Gasteiger partial charge in [0.2, 0.25) is 21.8 Å². The van der Waals surface area contributed by atoms with Crippen LogP contribution in [0.25, 0.3) is 10.8 Å². The molecule has 0 aliphatic carbocycles. The number of benzene rings is 3. The van der Waals surface area contributed by atoms with E-state index < -0.39 is 28.0 Å². The molecule has 204 valence electrons. The molecule has 2 atom stereocenters. The van der Waals surface area contributed by atoms with Crippen molar-refractivity contribution in [1.82, 2.24) is 14.9 Å². The van der Waals surface area contributed by atoms with Crippen molar-refractivity contribution in [2.24, 2.45) is 5.92 Å². The third-order valence-electron chi connectivity index (χ3n) is 7.07. The van der Waals surface area contributed by atoms with Crippen molar-refractivity contribution >= 4 is 32.6 Å². The number of sulfonamides is 1. The van der Waals surface area contributed by atoms with Gasteiger partial charge in [0.25, 0.3) is 0 Å². The highest BCUT2D eigenvalue weighted by molar-refractivity contribution is 7.89. The molecule has 9 heteroatoms. The second-order valence-electron chi connectivity index (χ2n) is 10.3. The van der Waals surface area contributed by atoms with Crippen LogP contribution in [0, 0.1) is 17.2 Å². The zero-order chi connectivity index (χ0) is 28.0. The fourth-order valence-electron chi connectivity index (χ4n) is 4.81. The number of likely N-dealkylation sites (tertiary alicyclic amines) is 1. The van der Waals surface area contributed by atoms with Gasteiger partial charge in [-0.3, -0.25) is 9.59 Å². The van der Waals surface area contributed by atoms with Crippen molar-refractivity contribution < 1.29 is 18.0 Å². The molecular formula is C30H34N4O4S. The van der Waals surface area contributed by atoms with Crippen molar-refractivity contribution in [3.8, 4) is 6.07 Å². The van der Waals surface area contributed by atoms with Crippen molar-refractivity contribution in [1.29, 1.82) is 5.26 Å². The lowest BCUT2D eigenvalue weighted by molar-refractivity contribution is -0.137. The summed E-state index contributed by atoms with van der Waals surface area (Å²) < 4.78 is 29.2. The minimum Gasteiger partial charge on any atom is -0.343 e. The molecule has 0 saturated carbocycles. The number of amides is 2. The van der Waals surface area contributed by atoms with Gasteiger partial charge < -0.3 is 10.2 Å². The summed E-state index contributed by atoms with van der Waals surface area (Å²) in [6, 6.07) is 19.3. The monoisotopic (exact) mass is 546 g/mol. The second-order valence-corrected chi connectivity index (χ2v) is 12.0. The van der Waals surface area contributed by atoms with E-state index in [-0.39, 0.29) is 23.1 Å². The van der Waals surface area contributed by atoms with Gasteiger partial charge in [-0.2, -0.15) is 9.98 Å². The third-order valence-corrected chi connectivity index (χ3v) is 8.51. The van der Waals surface area contributed by atoms with Gasteiger partial charge in [-0.05, 0) is 65.8 Å². The Kier molecular flexibility index (Phi) is 9.00. The lowest BCUT2D eigenvalue weighted by atomic mass is 10.00. The summed E-state index contributed by atoms with van der Waals surface area (Å²) in [6.07, 6.45) is 3.10. The first-order chi connectivity index (χ1) is 18.7. The molecule has 1 aliphatic rings. The molecule has 4 rings (SSSR count). The van der Waals surface area contributed by atoms with Gasteiger partial charge >= 0.3 is 0 Å². The van der Waals surface area contributed by atoms with E-state index in [1.165, 1.54) is 6.07 Å². The molecule has 39 heavy (non-hydrogen) atoms. The smallest absolute Gasteiger partial charge is 0.245 e. The van der Waals surface area contributed by atoms with E-state index in [2.05, 4.69) is 16.1 Å². The van der Waals surface area contributed by atoms with Gasteiger partial charge in [0.1, 0.15) is 12.1 Å². The van der Waals surface area contributed by atoms with Crippen LogP contribution in [0.4, 0.5) is 0 Å². The van der Waals surface area contributed by atoms with E-state index in [4.69, 9.17) is 5.26 Å². The summed E-state index contributed by atoms with van der Waals surface area (Å²) in [5.41, 5.74) is 1.30. The van der Waals surface area contributed by atoms with Crippen LogP contribution in [-0.2, 0) is 26.0 Å². The van der Waals surface area contributed by atoms with Crippen LogP contribution in [0.3, 0.4) is 0 Å². The predicted molar refractivity (Wildman–Crippen MR) is 150 cm³/mol. The standard InChI is InChI=1S/C30H34N4O4S/c1-21(2)28(33-39(37,38)26-15-14-24-8-4-5-9-25(24)19-26)29(35)32-27(30(36)34-16-6-3-7-17-34)18-22-10-12-23(20-31)13-11-22/h4-5,8-15,19,21,27-28,33H,3,6-7,16-18H2,1-2H3,(H,32,35)/t27-,28-/m0/s1. The topological polar surface area (TPSA) is 119 Å². The van der Waals surface area contributed by atoms with Crippen molar-refractivity contribution in [3.05, 3.63) is 77.9 Å². The average Bonchev–Trinajstić information content (AvgIpc) is 2.95. The Morgan fingerprint density at radius 2 is 1.62 bits per heavy atom. The number of piperidine rings is 1. The zero-order valence-electron chi connectivity index (χ0n) is 22.3. The Morgan fingerprint density at radius 1 is 0.949 bits per heavy atom. The van der Waals surface area contributed by atoms with Crippen LogP contribution >= 0.6 is 0 Å². The average molecular weight is 547 g/mol. The molecule has 0 radical (unpaired) electrons. The molecule has 0 unspecified atom stereocenters. The maximum absolute atomic E-state index is 13.5. The summed E-state index contributed by atoms with van der Waals surface area (Å²) in [5, 5.41) is 13.7. The number of nitriles is 1. The normalized spacial score (nSPS) is 15.5. The maximum atomic E-state index is 13.5. The van der Waals surface area contributed by atoms with E-state index in [1.54, 1.807) is 55.1 Å². The number of carbonyl (C=O) groups excluding carboxylic acids is 2. The Hall–Kier alpha value is -3.74. The van der Waals surface area contributed by atoms with Gasteiger partial charge in [-0.1, -0.05) is 56.3 Å². The van der Waals surface area contributed by atoms with E-state index >= 15 is 0 Å². The number of fused-ring (bicyclic) bond motifs is 1. The molecule has 2 N–H and O–H groups in total. The molecular weight excluding hydrogens is 512 g/mol. The fourth-order valence-corrected chi connectivity index (χ4v) is 6.19. The summed E-state index contributed by atoms with van der Waals surface area (Å²) in [7, 11) is -4.02. The maximum Gasteiger partial charge on any atom is 0.245 e. The number of carbonyl (C=O) groups is 2. The predicted octanol–water partition coefficient (Wildman–Crippen LogP) is 3.75. The molecule has 0 aromatic heterocycles. The van der Waals surface area contributed by atoms with Gasteiger partial charge in [-0.15, -0.1) is 0 Å². The SMILES string of the molecule is CC(C)[C@H](NS(=O)(=O)c1ccc2ccccc2c1)C(=O)N[C@@H](Cc1ccc(C#N)cc1)C(=O)N1CCCCC1. The Morgan fingerprint density at radius 3 is 2.26 bits per heavy atom. The quantitative estimate of drug-likeness (QED) is 0.424. The molecule has 1 aliphatic heterocycles. The molecule has 1 fully saturated rings.